The lowest BCUT2D eigenvalue weighted by Gasteiger charge is -2.13. The molecule has 0 aliphatic carbocycles. The molecule has 1 rings (SSSR count). The zero-order valence-corrected chi connectivity index (χ0v) is 10.4. The molecule has 1 aromatic rings. The highest BCUT2D eigenvalue weighted by Gasteiger charge is 2.32. The van der Waals surface area contributed by atoms with Crippen LogP contribution < -0.4 is 4.74 Å². The van der Waals surface area contributed by atoms with E-state index in [1.807, 2.05) is 6.07 Å². The second-order valence-electron chi connectivity index (χ2n) is 3.19. The monoisotopic (exact) mass is 308 g/mol. The van der Waals surface area contributed by atoms with E-state index in [1.165, 1.54) is 6.07 Å². The van der Waals surface area contributed by atoms with Crippen LogP contribution in [0.2, 0.25) is 0 Å². The molecule has 0 fully saturated rings. The number of ether oxygens (including phenoxy) is 1. The Labute approximate surface area is 104 Å². The molecule has 0 spiro atoms. The standard InChI is InChI=1S/C10H8BrF3N2O/c1-6-7(2-3-15)4-9(8(5-11)16-6)17-10(12,13)14/h4H,2,5H2,1H3. The van der Waals surface area contributed by atoms with Crippen molar-refractivity contribution in [3.05, 3.63) is 23.0 Å². The number of hydrogen-bond donors (Lipinski definition) is 0. The minimum absolute atomic E-state index is 0.00435. The third-order valence-electron chi connectivity index (χ3n) is 1.98. The quantitative estimate of drug-likeness (QED) is 0.805. The lowest BCUT2D eigenvalue weighted by molar-refractivity contribution is -0.275. The Morgan fingerprint density at radius 3 is 2.65 bits per heavy atom. The number of nitriles is 1. The van der Waals surface area contributed by atoms with Gasteiger partial charge in [0, 0.05) is 11.0 Å². The van der Waals surface area contributed by atoms with Gasteiger partial charge in [-0.2, -0.15) is 5.26 Å². The van der Waals surface area contributed by atoms with Crippen molar-refractivity contribution in [2.45, 2.75) is 25.0 Å². The molecule has 0 saturated heterocycles. The number of halogens is 4. The molecule has 1 heterocycles. The summed E-state index contributed by atoms with van der Waals surface area (Å²) in [5.74, 6) is -0.370. The van der Waals surface area contributed by atoms with E-state index < -0.39 is 6.36 Å². The van der Waals surface area contributed by atoms with Crippen molar-refractivity contribution in [2.75, 3.05) is 0 Å². The van der Waals surface area contributed by atoms with Crippen LogP contribution in [-0.2, 0) is 11.8 Å². The molecule has 0 aliphatic heterocycles. The van der Waals surface area contributed by atoms with E-state index in [1.54, 1.807) is 6.92 Å². The van der Waals surface area contributed by atoms with Gasteiger partial charge >= 0.3 is 6.36 Å². The van der Waals surface area contributed by atoms with E-state index in [2.05, 4.69) is 25.7 Å². The molecular formula is C10H8BrF3N2O. The predicted octanol–water partition coefficient (Wildman–Crippen LogP) is 3.25. The Kier molecular flexibility index (Phi) is 4.34. The van der Waals surface area contributed by atoms with Crippen molar-refractivity contribution in [3.8, 4) is 11.8 Å². The molecule has 0 atom stereocenters. The van der Waals surface area contributed by atoms with Gasteiger partial charge in [0.2, 0.25) is 0 Å². The van der Waals surface area contributed by atoms with Gasteiger partial charge in [0.25, 0.3) is 0 Å². The van der Waals surface area contributed by atoms with Crippen molar-refractivity contribution in [1.29, 1.82) is 5.26 Å². The Hall–Kier alpha value is -1.29. The summed E-state index contributed by atoms with van der Waals surface area (Å²) in [7, 11) is 0. The molecule has 17 heavy (non-hydrogen) atoms. The fourth-order valence-corrected chi connectivity index (χ4v) is 1.65. The maximum atomic E-state index is 12.1. The number of hydrogen-bond acceptors (Lipinski definition) is 3. The molecule has 0 saturated carbocycles. The van der Waals surface area contributed by atoms with Crippen LogP contribution in [0.4, 0.5) is 13.2 Å². The van der Waals surface area contributed by atoms with Crippen LogP contribution in [0.5, 0.6) is 5.75 Å². The molecule has 0 aliphatic rings. The number of alkyl halides is 4. The first-order valence-electron chi connectivity index (χ1n) is 4.55. The number of rotatable bonds is 3. The van der Waals surface area contributed by atoms with E-state index in [4.69, 9.17) is 5.26 Å². The van der Waals surface area contributed by atoms with E-state index in [-0.39, 0.29) is 23.2 Å². The third kappa shape index (κ3) is 3.89. The van der Waals surface area contributed by atoms with Crippen LogP contribution in [0.25, 0.3) is 0 Å². The van der Waals surface area contributed by atoms with Gasteiger partial charge in [-0.25, -0.2) is 0 Å². The van der Waals surface area contributed by atoms with Crippen LogP contribution in [0.1, 0.15) is 17.0 Å². The van der Waals surface area contributed by atoms with Crippen LogP contribution >= 0.6 is 15.9 Å². The number of aromatic nitrogens is 1. The zero-order valence-electron chi connectivity index (χ0n) is 8.81. The summed E-state index contributed by atoms with van der Waals surface area (Å²) in [5, 5.41) is 8.69. The second kappa shape index (κ2) is 5.36. The SMILES string of the molecule is Cc1nc(CBr)c(OC(F)(F)F)cc1CC#N. The normalized spacial score (nSPS) is 11.1. The van der Waals surface area contributed by atoms with Crippen LogP contribution in [0, 0.1) is 18.3 Å². The van der Waals surface area contributed by atoms with E-state index in [0.29, 0.717) is 11.3 Å². The first-order valence-corrected chi connectivity index (χ1v) is 5.67. The number of pyridine rings is 1. The summed E-state index contributed by atoms with van der Waals surface area (Å²) in [4.78, 5) is 3.97. The minimum atomic E-state index is -4.77. The summed E-state index contributed by atoms with van der Waals surface area (Å²) < 4.78 is 40.3. The molecule has 3 nitrogen and oxygen atoms in total. The fraction of sp³-hybridized carbons (Fsp3) is 0.400. The zero-order chi connectivity index (χ0) is 13.1. The Morgan fingerprint density at radius 2 is 2.18 bits per heavy atom. The third-order valence-corrected chi connectivity index (χ3v) is 2.51. The van der Waals surface area contributed by atoms with E-state index >= 15 is 0 Å². The van der Waals surface area contributed by atoms with E-state index in [9.17, 15) is 13.2 Å². The van der Waals surface area contributed by atoms with Crippen molar-refractivity contribution < 1.29 is 17.9 Å². The maximum absolute atomic E-state index is 12.1. The summed E-state index contributed by atoms with van der Waals surface area (Å²) in [5.41, 5.74) is 1.11. The average Bonchev–Trinajstić information content (AvgIpc) is 2.20. The Morgan fingerprint density at radius 1 is 1.53 bits per heavy atom. The highest BCUT2D eigenvalue weighted by atomic mass is 79.9. The molecule has 1 aromatic heterocycles. The van der Waals surface area contributed by atoms with Crippen LogP contribution in [0.3, 0.4) is 0 Å². The lowest BCUT2D eigenvalue weighted by atomic mass is 10.1. The molecule has 0 bridgehead atoms. The highest BCUT2D eigenvalue weighted by Crippen LogP contribution is 2.28. The van der Waals surface area contributed by atoms with Crippen molar-refractivity contribution >= 4 is 15.9 Å². The Bertz CT molecular complexity index is 454. The topological polar surface area (TPSA) is 45.9 Å². The summed E-state index contributed by atoms with van der Waals surface area (Å²) in [6, 6.07) is 3.07. The van der Waals surface area contributed by atoms with Crippen molar-refractivity contribution in [3.63, 3.8) is 0 Å². The molecule has 0 amide bonds. The fourth-order valence-electron chi connectivity index (χ4n) is 1.25. The maximum Gasteiger partial charge on any atom is 0.573 e. The van der Waals surface area contributed by atoms with Crippen molar-refractivity contribution in [2.24, 2.45) is 0 Å². The van der Waals surface area contributed by atoms with Crippen LogP contribution in [-0.4, -0.2) is 11.3 Å². The van der Waals surface area contributed by atoms with Gasteiger partial charge in [-0.1, -0.05) is 15.9 Å². The molecule has 0 aromatic carbocycles. The van der Waals surface area contributed by atoms with Gasteiger partial charge in [-0.3, -0.25) is 4.98 Å². The van der Waals surface area contributed by atoms with E-state index in [0.717, 1.165) is 0 Å². The average molecular weight is 309 g/mol. The number of nitrogens with zero attached hydrogens (tertiary/aromatic N) is 2. The smallest absolute Gasteiger partial charge is 0.404 e. The molecular weight excluding hydrogens is 301 g/mol. The second-order valence-corrected chi connectivity index (χ2v) is 3.75. The van der Waals surface area contributed by atoms with Gasteiger partial charge in [-0.05, 0) is 18.6 Å². The summed E-state index contributed by atoms with van der Waals surface area (Å²) >= 11 is 3.04. The lowest BCUT2D eigenvalue weighted by Crippen LogP contribution is -2.19. The predicted molar refractivity (Wildman–Crippen MR) is 57.6 cm³/mol. The molecule has 0 radical (unpaired) electrons. The van der Waals surface area contributed by atoms with Gasteiger partial charge in [-0.15, -0.1) is 13.2 Å². The Balaban J connectivity index is 3.18. The first kappa shape index (κ1) is 13.8. The number of aryl methyl sites for hydroxylation is 1. The van der Waals surface area contributed by atoms with Gasteiger partial charge in [0.15, 0.2) is 5.75 Å². The minimum Gasteiger partial charge on any atom is -0.404 e. The first-order chi connectivity index (χ1) is 7.87. The van der Waals surface area contributed by atoms with Gasteiger partial charge < -0.3 is 4.74 Å². The molecule has 0 N–H and O–H groups in total. The van der Waals surface area contributed by atoms with Crippen LogP contribution in [0.15, 0.2) is 6.07 Å². The summed E-state index contributed by atoms with van der Waals surface area (Å²) in [6.45, 7) is 1.64. The van der Waals surface area contributed by atoms with Gasteiger partial charge in [0.05, 0.1) is 18.2 Å². The molecule has 92 valence electrons. The molecule has 0 unspecified atom stereocenters. The van der Waals surface area contributed by atoms with Crippen molar-refractivity contribution in [1.82, 2.24) is 4.98 Å². The van der Waals surface area contributed by atoms with Gasteiger partial charge in [0.1, 0.15) is 0 Å². The highest BCUT2D eigenvalue weighted by molar-refractivity contribution is 9.08. The molecule has 7 heteroatoms. The largest absolute Gasteiger partial charge is 0.573 e. The summed E-state index contributed by atoms with van der Waals surface area (Å²) in [6.07, 6.45) is -4.77.